The third-order valence-corrected chi connectivity index (χ3v) is 4.58. The van der Waals surface area contributed by atoms with Gasteiger partial charge in [-0.15, -0.1) is 0 Å². The third-order valence-electron chi connectivity index (χ3n) is 4.58. The minimum absolute atomic E-state index is 0. The number of rotatable bonds is 6. The normalized spacial score (nSPS) is 12.2. The van der Waals surface area contributed by atoms with Crippen molar-refractivity contribution in [2.75, 3.05) is 26.7 Å². The Balaban J connectivity index is 0.000000910. The van der Waals surface area contributed by atoms with Crippen LogP contribution >= 0.6 is 0 Å². The molecule has 1 aliphatic carbocycles. The van der Waals surface area contributed by atoms with Gasteiger partial charge in [-0.1, -0.05) is 13.8 Å². The summed E-state index contributed by atoms with van der Waals surface area (Å²) >= 11 is 0. The van der Waals surface area contributed by atoms with E-state index in [1.807, 2.05) is 37.6 Å². The number of hydrogen-bond donors (Lipinski definition) is 1. The number of anilines is 1. The molecule has 3 aromatic heterocycles. The maximum absolute atomic E-state index is 10.7. The Kier molecular flexibility index (Phi) is 8.08. The number of methoxy groups -OCH3 is 2. The summed E-state index contributed by atoms with van der Waals surface area (Å²) < 4.78 is 22.6. The van der Waals surface area contributed by atoms with Gasteiger partial charge in [0.2, 0.25) is 18.2 Å². The first-order valence-corrected chi connectivity index (χ1v) is 9.70. The van der Waals surface area contributed by atoms with Crippen molar-refractivity contribution in [1.82, 2.24) is 19.5 Å². The van der Waals surface area contributed by atoms with Crippen molar-refractivity contribution in [3.8, 4) is 23.0 Å². The van der Waals surface area contributed by atoms with Crippen molar-refractivity contribution >= 4 is 23.1 Å². The number of amides is 1. The zero-order valence-electron chi connectivity index (χ0n) is 18.2. The monoisotopic (exact) mass is 419 g/mol. The van der Waals surface area contributed by atoms with E-state index in [9.17, 15) is 9.18 Å². The van der Waals surface area contributed by atoms with Gasteiger partial charge >= 0.3 is 0 Å². The van der Waals surface area contributed by atoms with Crippen LogP contribution in [0.3, 0.4) is 0 Å². The van der Waals surface area contributed by atoms with Gasteiger partial charge in [-0.2, -0.15) is 9.97 Å². The van der Waals surface area contributed by atoms with E-state index in [-0.39, 0.29) is 1.43 Å². The van der Waals surface area contributed by atoms with Crippen LogP contribution in [0.1, 0.15) is 39.9 Å². The quantitative estimate of drug-likeness (QED) is 0.597. The van der Waals surface area contributed by atoms with Crippen LogP contribution in [0.5, 0.6) is 11.8 Å². The van der Waals surface area contributed by atoms with E-state index < -0.39 is 0 Å². The Morgan fingerprint density at radius 2 is 1.77 bits per heavy atom. The van der Waals surface area contributed by atoms with E-state index >= 15 is 0 Å². The minimum atomic E-state index is 0. The van der Waals surface area contributed by atoms with E-state index in [0.29, 0.717) is 42.6 Å². The average Bonchev–Trinajstić information content (AvgIpc) is 3.60. The third kappa shape index (κ3) is 4.50. The van der Waals surface area contributed by atoms with E-state index in [2.05, 4.69) is 20.3 Å². The van der Waals surface area contributed by atoms with E-state index in [1.165, 1.54) is 0 Å². The van der Waals surface area contributed by atoms with Gasteiger partial charge in [0.15, 0.2) is 0 Å². The molecule has 1 amide bonds. The molecule has 1 N–H and O–H groups in total. The van der Waals surface area contributed by atoms with Crippen molar-refractivity contribution in [2.24, 2.45) is 7.05 Å². The fourth-order valence-electron chi connectivity index (χ4n) is 3.09. The Bertz CT molecular complexity index is 983. The standard InChI is InChI=1S/C18H19N5O3.C2H6.CH3F.H2/c1-23-12(6-11-7-14(20-9-24)19-8-13(11)23)15-17(25-2)21-16(10-4-5-10)22-18(15)26-3;2*1-2;/h6-10H,4-5H2,1-3H3,(H,19,20,24);1-2H3;1H3;1H. The molecule has 8 nitrogen and oxygen atoms in total. The lowest BCUT2D eigenvalue weighted by molar-refractivity contribution is -0.105. The van der Waals surface area contributed by atoms with Gasteiger partial charge in [-0.25, -0.2) is 4.98 Å². The lowest BCUT2D eigenvalue weighted by Crippen LogP contribution is -2.05. The van der Waals surface area contributed by atoms with Gasteiger partial charge in [0.1, 0.15) is 17.2 Å². The highest BCUT2D eigenvalue weighted by Gasteiger charge is 2.30. The fraction of sp³-hybridized carbons (Fsp3) is 0.429. The molecule has 9 heteroatoms. The number of nitrogens with zero attached hydrogens (tertiary/aromatic N) is 4. The Hall–Kier alpha value is -3.23. The van der Waals surface area contributed by atoms with Crippen LogP contribution in [0, 0.1) is 0 Å². The van der Waals surface area contributed by atoms with Crippen molar-refractivity contribution < 1.29 is 20.1 Å². The Morgan fingerprint density at radius 3 is 2.27 bits per heavy atom. The molecule has 4 rings (SSSR count). The molecule has 0 spiro atoms. The molecule has 30 heavy (non-hydrogen) atoms. The molecule has 1 aliphatic rings. The molecule has 3 heterocycles. The number of carbonyl (C=O) groups excluding carboxylic acids is 1. The number of carbonyl (C=O) groups is 1. The Morgan fingerprint density at radius 1 is 1.17 bits per heavy atom. The second-order valence-electron chi connectivity index (χ2n) is 6.23. The number of fused-ring (bicyclic) bond motifs is 1. The molecule has 3 aromatic rings. The number of hydrogen-bond acceptors (Lipinski definition) is 6. The topological polar surface area (TPSA) is 91.2 Å². The largest absolute Gasteiger partial charge is 0.480 e. The highest BCUT2D eigenvalue weighted by atomic mass is 19.1. The zero-order valence-corrected chi connectivity index (χ0v) is 18.2. The summed E-state index contributed by atoms with van der Waals surface area (Å²) in [6, 6.07) is 3.79. The summed E-state index contributed by atoms with van der Waals surface area (Å²) in [4.78, 5) is 24.1. The van der Waals surface area contributed by atoms with Crippen LogP contribution in [0.15, 0.2) is 18.3 Å². The van der Waals surface area contributed by atoms with E-state index in [4.69, 9.17) is 9.47 Å². The van der Waals surface area contributed by atoms with Gasteiger partial charge in [-0.3, -0.25) is 9.18 Å². The van der Waals surface area contributed by atoms with Crippen LogP contribution in [-0.2, 0) is 11.8 Å². The molecule has 0 atom stereocenters. The van der Waals surface area contributed by atoms with Gasteiger partial charge < -0.3 is 19.4 Å². The highest BCUT2D eigenvalue weighted by Crippen LogP contribution is 2.43. The second kappa shape index (κ2) is 10.5. The lowest BCUT2D eigenvalue weighted by Gasteiger charge is -2.14. The van der Waals surface area contributed by atoms with Crippen LogP contribution in [0.2, 0.25) is 0 Å². The number of halogens is 1. The first kappa shape index (κ1) is 23.1. The molecule has 0 saturated heterocycles. The first-order valence-electron chi connectivity index (χ1n) is 9.70. The van der Waals surface area contributed by atoms with Gasteiger partial charge in [0.05, 0.1) is 38.8 Å². The highest BCUT2D eigenvalue weighted by molar-refractivity contribution is 5.90. The van der Waals surface area contributed by atoms with Crippen LogP contribution in [0.4, 0.5) is 10.2 Å². The molecule has 0 aromatic carbocycles. The lowest BCUT2D eigenvalue weighted by atomic mass is 10.2. The minimum Gasteiger partial charge on any atom is -0.480 e. The summed E-state index contributed by atoms with van der Waals surface area (Å²) in [5.41, 5.74) is 2.45. The predicted octanol–water partition coefficient (Wildman–Crippen LogP) is 4.35. The molecule has 0 aliphatic heterocycles. The predicted molar refractivity (Wildman–Crippen MR) is 117 cm³/mol. The molecule has 0 unspecified atom stereocenters. The van der Waals surface area contributed by atoms with Crippen LogP contribution < -0.4 is 14.8 Å². The number of alkyl halides is 1. The fourth-order valence-corrected chi connectivity index (χ4v) is 3.09. The van der Waals surface area contributed by atoms with Crippen molar-refractivity contribution in [3.05, 3.63) is 24.2 Å². The molecule has 1 fully saturated rings. The van der Waals surface area contributed by atoms with Gasteiger partial charge in [0.25, 0.3) is 0 Å². The molecular weight excluding hydrogens is 389 g/mol. The van der Waals surface area contributed by atoms with E-state index in [0.717, 1.165) is 35.3 Å². The SMILES string of the molecule is CC.CF.COc1nc(C2CC2)nc(OC)c1-c1cc2cc(NC=O)ncc2n1C.[HH]. The summed E-state index contributed by atoms with van der Waals surface area (Å²) in [5, 5.41) is 3.49. The van der Waals surface area contributed by atoms with Gasteiger partial charge in [0, 0.05) is 19.8 Å². The maximum atomic E-state index is 10.7. The number of aromatic nitrogens is 4. The second-order valence-corrected chi connectivity index (χ2v) is 6.23. The van der Waals surface area contributed by atoms with Crippen molar-refractivity contribution in [3.63, 3.8) is 0 Å². The Labute approximate surface area is 176 Å². The molecular formula is C21H30FN5O3. The number of pyridine rings is 1. The molecule has 0 radical (unpaired) electrons. The number of aryl methyl sites for hydroxylation is 1. The van der Waals surface area contributed by atoms with Crippen molar-refractivity contribution in [2.45, 2.75) is 32.6 Å². The number of nitrogens with one attached hydrogen (secondary N) is 1. The summed E-state index contributed by atoms with van der Waals surface area (Å²) in [7, 11) is 5.62. The van der Waals surface area contributed by atoms with Crippen LogP contribution in [0.25, 0.3) is 22.2 Å². The summed E-state index contributed by atoms with van der Waals surface area (Å²) in [5.74, 6) is 2.62. The number of ether oxygens (including phenoxy) is 2. The van der Waals surface area contributed by atoms with Gasteiger partial charge in [-0.05, 0) is 25.0 Å². The van der Waals surface area contributed by atoms with Crippen molar-refractivity contribution in [1.29, 1.82) is 0 Å². The molecule has 164 valence electrons. The summed E-state index contributed by atoms with van der Waals surface area (Å²) in [6.45, 7) is 4.00. The summed E-state index contributed by atoms with van der Waals surface area (Å²) in [6.07, 6.45) is 4.51. The maximum Gasteiger partial charge on any atom is 0.229 e. The average molecular weight is 420 g/mol. The van der Waals surface area contributed by atoms with Crippen LogP contribution in [-0.4, -0.2) is 47.3 Å². The molecule has 1 saturated carbocycles. The zero-order chi connectivity index (χ0) is 22.3. The first-order chi connectivity index (χ1) is 14.7. The smallest absolute Gasteiger partial charge is 0.229 e. The molecule has 0 bridgehead atoms. The van der Waals surface area contributed by atoms with E-state index in [1.54, 1.807) is 20.4 Å².